The van der Waals surface area contributed by atoms with E-state index in [2.05, 4.69) is 22.2 Å². The quantitative estimate of drug-likeness (QED) is 0.0647. The minimum Gasteiger partial charge on any atom is -0.445 e. The zero-order chi connectivity index (χ0) is 54.0. The van der Waals surface area contributed by atoms with Crippen molar-refractivity contribution < 1.29 is 97.1 Å². The summed E-state index contributed by atoms with van der Waals surface area (Å²) in [6.07, 6.45) is -19.9. The highest BCUT2D eigenvalue weighted by Gasteiger charge is 2.57. The van der Waals surface area contributed by atoms with Crippen LogP contribution in [0, 0.1) is 5.92 Å². The Kier molecular flexibility index (Phi) is 20.1. The minimum atomic E-state index is -1.80. The molecule has 0 bridgehead atoms. The van der Waals surface area contributed by atoms with Crippen molar-refractivity contribution in [2.24, 2.45) is 5.92 Å². The molecule has 0 aromatic heterocycles. The fourth-order valence-corrected chi connectivity index (χ4v) is 10.6. The maximum absolute atomic E-state index is 13.5. The summed E-state index contributed by atoms with van der Waals surface area (Å²) < 4.78 is 66.5. The summed E-state index contributed by atoms with van der Waals surface area (Å²) in [4.78, 5) is 40.0. The lowest BCUT2D eigenvalue weighted by Crippen LogP contribution is -2.69. The first-order chi connectivity index (χ1) is 36.6. The number of rotatable bonds is 18. The highest BCUT2D eigenvalue weighted by atomic mass is 31.1. The van der Waals surface area contributed by atoms with Crippen LogP contribution < -0.4 is 16.0 Å². The van der Waals surface area contributed by atoms with E-state index in [0.717, 1.165) is 0 Å². The number of ether oxygens (including phenoxy) is 11. The maximum atomic E-state index is 13.5. The fourth-order valence-electron chi connectivity index (χ4n) is 9.86. The van der Waals surface area contributed by atoms with Crippen LogP contribution >= 0.6 is 7.55 Å². The molecule has 4 aliphatic heterocycles. The van der Waals surface area contributed by atoms with Crippen molar-refractivity contribution in [1.29, 1.82) is 0 Å². The van der Waals surface area contributed by atoms with E-state index in [4.69, 9.17) is 52.1 Å². The third-order valence-corrected chi connectivity index (χ3v) is 14.9. The Hall–Kier alpha value is -4.92. The molecule has 0 spiro atoms. The molecule has 3 amide bonds. The first-order valence-electron chi connectivity index (χ1n) is 25.3. The Bertz CT molecular complexity index is 2350. The monoisotopic (exact) mass is 1090 g/mol. The number of carbonyl (C=O) groups is 3. The lowest BCUT2D eigenvalue weighted by molar-refractivity contribution is -0.347. The number of carbonyl (C=O) groups excluding carboxylic acids is 3. The van der Waals surface area contributed by atoms with Gasteiger partial charge in [-0.25, -0.2) is 14.4 Å². The van der Waals surface area contributed by atoms with Crippen molar-refractivity contribution in [2.75, 3.05) is 19.9 Å². The number of aliphatic hydroxyl groups excluding tert-OH is 6. The van der Waals surface area contributed by atoms with Gasteiger partial charge >= 0.3 is 24.3 Å². The topological polar surface area (TPSA) is 310 Å². The van der Waals surface area contributed by atoms with Crippen molar-refractivity contribution in [3.8, 4) is 0 Å². The molecule has 24 heteroatoms. The first kappa shape index (κ1) is 57.3. The van der Waals surface area contributed by atoms with Crippen molar-refractivity contribution in [2.45, 2.75) is 163 Å². The van der Waals surface area contributed by atoms with Crippen LogP contribution in [0.4, 0.5) is 14.4 Å². The number of aliphatic hydroxyl groups is 6. The number of fused-ring (bicyclic) bond motifs is 1. The molecule has 1 aliphatic carbocycles. The standard InChI is InChI=1S/C52H68N3O20P/c1-5-32-38(58)39(59)35(54-50(63)66-24-29-17-11-7-12-18-29)46(69-32)73-43-33(22-56)70-48(41(43)61)74-45-37(57)31(53-49(62)65-23-28-15-9-6-10-16-28)21-27(2)42(45)72-47-36(55-51(64)67-25-30-19-13-8-14-20-30)40(60)44-34(71-47)26-68-52(75-44)76(3)4/h6-20,27,31-48,52,56-61H,3,5,21-26H2,1-2,4H3,(H2-,53,54,55,62,63,64)/p+1. The summed E-state index contributed by atoms with van der Waals surface area (Å²) in [7, 11) is -1.04. The molecule has 5 fully saturated rings. The largest absolute Gasteiger partial charge is 0.445 e. The van der Waals surface area contributed by atoms with Gasteiger partial charge in [0.05, 0.1) is 37.8 Å². The normalized spacial score (nSPS) is 36.5. The molecule has 416 valence electrons. The smallest absolute Gasteiger partial charge is 0.407 e. The molecule has 23 nitrogen and oxygen atoms in total. The van der Waals surface area contributed by atoms with Gasteiger partial charge in [0, 0.05) is 0 Å². The predicted octanol–water partition coefficient (Wildman–Crippen LogP) is 1.69. The van der Waals surface area contributed by atoms with Gasteiger partial charge in [-0.3, -0.25) is 0 Å². The molecule has 8 rings (SSSR count). The maximum Gasteiger partial charge on any atom is 0.407 e. The Morgan fingerprint density at radius 3 is 1.62 bits per heavy atom. The minimum absolute atomic E-state index is 0.0452. The van der Waals surface area contributed by atoms with E-state index in [9.17, 15) is 45.0 Å². The summed E-state index contributed by atoms with van der Waals surface area (Å²) in [5, 5.41) is 77.2. The molecular formula is C52H69N3O20P+. The molecule has 4 heterocycles. The first-order valence-corrected chi connectivity index (χ1v) is 27.3. The average molecular weight is 1090 g/mol. The Morgan fingerprint density at radius 1 is 0.605 bits per heavy atom. The summed E-state index contributed by atoms with van der Waals surface area (Å²) in [6, 6.07) is 22.0. The van der Waals surface area contributed by atoms with Gasteiger partial charge in [-0.1, -0.05) is 105 Å². The predicted molar refractivity (Wildman–Crippen MR) is 267 cm³/mol. The number of nitrogens with one attached hydrogen (secondary N) is 3. The van der Waals surface area contributed by atoms with Crippen molar-refractivity contribution >= 4 is 32.1 Å². The molecule has 5 aliphatic rings. The second kappa shape index (κ2) is 26.6. The Balaban J connectivity index is 1.03. The Morgan fingerprint density at radius 2 is 1.09 bits per heavy atom. The molecule has 21 atom stereocenters. The van der Waals surface area contributed by atoms with Crippen LogP contribution in [0.3, 0.4) is 0 Å². The van der Waals surface area contributed by atoms with Crippen LogP contribution in [0.1, 0.15) is 43.4 Å². The van der Waals surface area contributed by atoms with Gasteiger partial charge in [0.25, 0.3) is 0 Å². The summed E-state index contributed by atoms with van der Waals surface area (Å²) in [5.74, 6) is -0.655. The van der Waals surface area contributed by atoms with E-state index < -0.39 is 155 Å². The number of hydrogen-bond acceptors (Lipinski definition) is 20. The molecule has 0 radical (unpaired) electrons. The zero-order valence-corrected chi connectivity index (χ0v) is 43.1. The van der Waals surface area contributed by atoms with Crippen LogP contribution in [0.15, 0.2) is 91.0 Å². The lowest BCUT2D eigenvalue weighted by Gasteiger charge is -2.50. The second-order valence-electron chi connectivity index (χ2n) is 19.5. The third-order valence-electron chi connectivity index (χ3n) is 13.9. The highest BCUT2D eigenvalue weighted by molar-refractivity contribution is 7.55. The number of alkyl carbamates (subject to hydrolysis) is 3. The van der Waals surface area contributed by atoms with Gasteiger partial charge in [0.15, 0.2) is 18.9 Å². The van der Waals surface area contributed by atoms with E-state index in [0.29, 0.717) is 16.7 Å². The van der Waals surface area contributed by atoms with E-state index in [1.807, 2.05) is 18.8 Å². The van der Waals surface area contributed by atoms with E-state index >= 15 is 0 Å². The average Bonchev–Trinajstić information content (AvgIpc) is 3.74. The number of amides is 3. The summed E-state index contributed by atoms with van der Waals surface area (Å²) in [5.41, 5.74) is 2.08. The van der Waals surface area contributed by atoms with E-state index in [1.54, 1.807) is 92.7 Å². The molecular weight excluding hydrogens is 1020 g/mol. The SMILES string of the molecule is C=[P+](C)C1OCC2OC(OC3C(C)CC(NC(=O)OCc4ccccc4)C(O)C3OC3OC(CO)C(OC4OC(CC)C(O)C(O)C4NC(=O)OCc4ccccc4)C3O)C(NC(=O)OCc3ccccc3)C(O)C2O1. The van der Waals surface area contributed by atoms with Crippen molar-refractivity contribution in [3.05, 3.63) is 108 Å². The molecule has 9 N–H and O–H groups in total. The molecule has 76 heavy (non-hydrogen) atoms. The van der Waals surface area contributed by atoms with E-state index in [1.165, 1.54) is 0 Å². The molecule has 1 saturated carbocycles. The van der Waals surface area contributed by atoms with Crippen LogP contribution in [-0.4, -0.2) is 191 Å². The van der Waals surface area contributed by atoms with Gasteiger partial charge < -0.3 is 98.7 Å². The highest BCUT2D eigenvalue weighted by Crippen LogP contribution is 2.40. The molecule has 3 aromatic carbocycles. The van der Waals surface area contributed by atoms with Gasteiger partial charge in [-0.15, -0.1) is 0 Å². The van der Waals surface area contributed by atoms with Crippen LogP contribution in [0.2, 0.25) is 0 Å². The van der Waals surface area contributed by atoms with Gasteiger partial charge in [-0.2, -0.15) is 0 Å². The van der Waals surface area contributed by atoms with Gasteiger partial charge in [0.2, 0.25) is 0 Å². The molecule has 4 saturated heterocycles. The van der Waals surface area contributed by atoms with Gasteiger partial charge in [0.1, 0.15) is 107 Å². The number of benzene rings is 3. The zero-order valence-electron chi connectivity index (χ0n) is 42.2. The van der Waals surface area contributed by atoms with Crippen molar-refractivity contribution in [1.82, 2.24) is 16.0 Å². The van der Waals surface area contributed by atoms with Crippen LogP contribution in [-0.2, 0) is 71.9 Å². The number of hydrogen-bond donors (Lipinski definition) is 9. The lowest BCUT2D eigenvalue weighted by atomic mass is 9.80. The summed E-state index contributed by atoms with van der Waals surface area (Å²) in [6.45, 7) is 4.14. The van der Waals surface area contributed by atoms with Crippen LogP contribution in [0.5, 0.6) is 0 Å². The second-order valence-corrected chi connectivity index (χ2v) is 21.4. The van der Waals surface area contributed by atoms with Crippen molar-refractivity contribution in [3.63, 3.8) is 0 Å². The third kappa shape index (κ3) is 14.0. The fraction of sp³-hybridized carbons (Fsp3) is 0.577. The van der Waals surface area contributed by atoms with E-state index in [-0.39, 0.29) is 39.3 Å². The molecule has 3 aromatic rings. The Labute approximate surface area is 440 Å². The van der Waals surface area contributed by atoms with Crippen LogP contribution in [0.25, 0.3) is 0 Å². The van der Waals surface area contributed by atoms with Gasteiger partial charge in [-0.05, 0) is 35.4 Å². The molecule has 21 unspecified atom stereocenters. The summed E-state index contributed by atoms with van der Waals surface area (Å²) >= 11 is 0.